The van der Waals surface area contributed by atoms with Gasteiger partial charge in [0.05, 0.1) is 5.02 Å². The van der Waals surface area contributed by atoms with Crippen LogP contribution in [0.5, 0.6) is 0 Å². The SMILES string of the molecule is NNC(c1ccc(I)c(Cl)c1)c1cc2cccc(F)c2o1. The summed E-state index contributed by atoms with van der Waals surface area (Å²) in [4.78, 5) is 0. The zero-order chi connectivity index (χ0) is 15.0. The van der Waals surface area contributed by atoms with E-state index in [-0.39, 0.29) is 5.58 Å². The van der Waals surface area contributed by atoms with Crippen LogP contribution in [0.25, 0.3) is 11.0 Å². The number of rotatable bonds is 3. The van der Waals surface area contributed by atoms with Crippen LogP contribution in [0.4, 0.5) is 4.39 Å². The van der Waals surface area contributed by atoms with E-state index in [0.29, 0.717) is 16.2 Å². The molecule has 0 saturated heterocycles. The maximum Gasteiger partial charge on any atom is 0.169 e. The summed E-state index contributed by atoms with van der Waals surface area (Å²) in [6.07, 6.45) is 0. The highest BCUT2D eigenvalue weighted by atomic mass is 127. The number of benzene rings is 2. The van der Waals surface area contributed by atoms with E-state index in [0.717, 1.165) is 9.13 Å². The Labute approximate surface area is 139 Å². The number of para-hydroxylation sites is 1. The Hall–Kier alpha value is -1.15. The fourth-order valence-corrected chi connectivity index (χ4v) is 2.75. The predicted molar refractivity (Wildman–Crippen MR) is 89.5 cm³/mol. The van der Waals surface area contributed by atoms with Crippen molar-refractivity contribution >= 4 is 45.2 Å². The number of nitrogens with one attached hydrogen (secondary N) is 1. The van der Waals surface area contributed by atoms with E-state index in [1.165, 1.54) is 6.07 Å². The van der Waals surface area contributed by atoms with Crippen molar-refractivity contribution < 1.29 is 8.81 Å². The first-order chi connectivity index (χ1) is 10.1. The van der Waals surface area contributed by atoms with E-state index in [9.17, 15) is 4.39 Å². The van der Waals surface area contributed by atoms with E-state index in [2.05, 4.69) is 28.0 Å². The molecule has 6 heteroatoms. The molecule has 0 bridgehead atoms. The van der Waals surface area contributed by atoms with Gasteiger partial charge in [-0.2, -0.15) is 0 Å². The maximum absolute atomic E-state index is 13.7. The second-order valence-electron chi connectivity index (χ2n) is 4.58. The predicted octanol–water partition coefficient (Wildman–Crippen LogP) is 4.38. The van der Waals surface area contributed by atoms with Crippen molar-refractivity contribution in [2.24, 2.45) is 5.84 Å². The Morgan fingerprint density at radius 1 is 1.24 bits per heavy atom. The minimum atomic E-state index is -0.397. The molecule has 108 valence electrons. The van der Waals surface area contributed by atoms with Crippen molar-refractivity contribution in [3.05, 3.63) is 68.2 Å². The average molecular weight is 417 g/mol. The van der Waals surface area contributed by atoms with Gasteiger partial charge in [-0.1, -0.05) is 29.8 Å². The fraction of sp³-hybridized carbons (Fsp3) is 0.0667. The molecule has 0 aliphatic carbocycles. The van der Waals surface area contributed by atoms with Crippen LogP contribution in [0.3, 0.4) is 0 Å². The summed E-state index contributed by atoms with van der Waals surface area (Å²) in [5.41, 5.74) is 3.76. The summed E-state index contributed by atoms with van der Waals surface area (Å²) in [6.45, 7) is 0. The highest BCUT2D eigenvalue weighted by Crippen LogP contribution is 2.31. The molecule has 0 aliphatic heterocycles. The Kier molecular flexibility index (Phi) is 4.17. The monoisotopic (exact) mass is 416 g/mol. The molecule has 1 unspecified atom stereocenters. The van der Waals surface area contributed by atoms with Gasteiger partial charge in [-0.15, -0.1) is 0 Å². The van der Waals surface area contributed by atoms with Crippen molar-refractivity contribution in [3.63, 3.8) is 0 Å². The first-order valence-electron chi connectivity index (χ1n) is 6.19. The molecule has 0 amide bonds. The molecular weight excluding hydrogens is 406 g/mol. The second kappa shape index (κ2) is 5.92. The van der Waals surface area contributed by atoms with Gasteiger partial charge in [-0.3, -0.25) is 5.84 Å². The summed E-state index contributed by atoms with van der Waals surface area (Å²) in [6, 6.07) is 11.8. The van der Waals surface area contributed by atoms with Gasteiger partial charge in [0, 0.05) is 8.96 Å². The van der Waals surface area contributed by atoms with Gasteiger partial charge < -0.3 is 4.42 Å². The number of hydrogen-bond donors (Lipinski definition) is 2. The summed E-state index contributed by atoms with van der Waals surface area (Å²) in [5, 5.41) is 1.33. The molecular formula is C15H11ClFIN2O. The smallest absolute Gasteiger partial charge is 0.169 e. The van der Waals surface area contributed by atoms with Crippen LogP contribution >= 0.6 is 34.2 Å². The molecule has 0 aliphatic rings. The molecule has 0 fully saturated rings. The highest BCUT2D eigenvalue weighted by Gasteiger charge is 2.19. The van der Waals surface area contributed by atoms with E-state index in [4.69, 9.17) is 21.9 Å². The molecule has 3 aromatic rings. The van der Waals surface area contributed by atoms with Gasteiger partial charge in [0.15, 0.2) is 11.4 Å². The van der Waals surface area contributed by atoms with Crippen LogP contribution in [-0.4, -0.2) is 0 Å². The molecule has 3 nitrogen and oxygen atoms in total. The lowest BCUT2D eigenvalue weighted by Crippen LogP contribution is -2.28. The first kappa shape index (κ1) is 14.8. The van der Waals surface area contributed by atoms with Gasteiger partial charge in [-0.25, -0.2) is 9.82 Å². The van der Waals surface area contributed by atoms with Crippen molar-refractivity contribution in [3.8, 4) is 0 Å². The van der Waals surface area contributed by atoms with Gasteiger partial charge >= 0.3 is 0 Å². The third-order valence-electron chi connectivity index (χ3n) is 3.24. The molecule has 21 heavy (non-hydrogen) atoms. The Morgan fingerprint density at radius 2 is 2.05 bits per heavy atom. The molecule has 1 aromatic heterocycles. The van der Waals surface area contributed by atoms with Crippen LogP contribution in [0, 0.1) is 9.39 Å². The van der Waals surface area contributed by atoms with Crippen LogP contribution in [0.15, 0.2) is 46.9 Å². The normalized spacial score (nSPS) is 12.8. The average Bonchev–Trinajstić information content (AvgIpc) is 2.89. The lowest BCUT2D eigenvalue weighted by molar-refractivity contribution is 0.465. The van der Waals surface area contributed by atoms with Crippen LogP contribution in [0.1, 0.15) is 17.4 Å². The third-order valence-corrected chi connectivity index (χ3v) is 4.82. The number of furan rings is 1. The third kappa shape index (κ3) is 2.78. The Morgan fingerprint density at radius 3 is 2.71 bits per heavy atom. The summed E-state index contributed by atoms with van der Waals surface area (Å²) < 4.78 is 20.3. The summed E-state index contributed by atoms with van der Waals surface area (Å²) in [5.74, 6) is 5.78. The Balaban J connectivity index is 2.09. The molecule has 3 rings (SSSR count). The van der Waals surface area contributed by atoms with Gasteiger partial charge in [-0.05, 0) is 52.4 Å². The molecule has 2 aromatic carbocycles. The van der Waals surface area contributed by atoms with Crippen molar-refractivity contribution in [1.29, 1.82) is 0 Å². The minimum absolute atomic E-state index is 0.226. The maximum atomic E-state index is 13.7. The van der Waals surface area contributed by atoms with E-state index in [1.54, 1.807) is 18.2 Å². The zero-order valence-corrected chi connectivity index (χ0v) is 13.7. The van der Waals surface area contributed by atoms with Crippen LogP contribution in [0.2, 0.25) is 5.02 Å². The van der Waals surface area contributed by atoms with E-state index in [1.807, 2.05) is 18.2 Å². The van der Waals surface area contributed by atoms with Crippen molar-refractivity contribution in [2.75, 3.05) is 0 Å². The zero-order valence-electron chi connectivity index (χ0n) is 10.7. The minimum Gasteiger partial charge on any atom is -0.456 e. The van der Waals surface area contributed by atoms with Gasteiger partial charge in [0.1, 0.15) is 11.8 Å². The lowest BCUT2D eigenvalue weighted by atomic mass is 10.1. The van der Waals surface area contributed by atoms with E-state index >= 15 is 0 Å². The summed E-state index contributed by atoms with van der Waals surface area (Å²) >= 11 is 8.29. The largest absolute Gasteiger partial charge is 0.456 e. The summed E-state index contributed by atoms with van der Waals surface area (Å²) in [7, 11) is 0. The van der Waals surface area contributed by atoms with Gasteiger partial charge in [0.25, 0.3) is 0 Å². The standard InChI is InChI=1S/C15H11ClFIN2O/c16-10-6-8(4-5-12(10)18)14(20-19)13-7-9-2-1-3-11(17)15(9)21-13/h1-7,14,20H,19H2. The topological polar surface area (TPSA) is 51.2 Å². The number of fused-ring (bicyclic) bond motifs is 1. The molecule has 0 saturated carbocycles. The van der Waals surface area contributed by atoms with Crippen LogP contribution < -0.4 is 11.3 Å². The molecule has 0 spiro atoms. The Bertz CT molecular complexity index is 805. The van der Waals surface area contributed by atoms with Crippen LogP contribution in [-0.2, 0) is 0 Å². The molecule has 0 radical (unpaired) electrons. The highest BCUT2D eigenvalue weighted by molar-refractivity contribution is 14.1. The van der Waals surface area contributed by atoms with E-state index < -0.39 is 11.9 Å². The first-order valence-corrected chi connectivity index (χ1v) is 7.65. The second-order valence-corrected chi connectivity index (χ2v) is 6.15. The molecule has 1 heterocycles. The van der Waals surface area contributed by atoms with Gasteiger partial charge in [0.2, 0.25) is 0 Å². The fourth-order valence-electron chi connectivity index (χ4n) is 2.22. The molecule has 1 atom stereocenters. The lowest BCUT2D eigenvalue weighted by Gasteiger charge is -2.14. The number of nitrogens with two attached hydrogens (primary N) is 1. The quantitative estimate of drug-likeness (QED) is 0.378. The van der Waals surface area contributed by atoms with Crippen molar-refractivity contribution in [1.82, 2.24) is 5.43 Å². The number of hydrogen-bond acceptors (Lipinski definition) is 3. The van der Waals surface area contributed by atoms with Crippen molar-refractivity contribution in [2.45, 2.75) is 6.04 Å². The molecule has 3 N–H and O–H groups in total. The number of hydrazine groups is 1. The number of halogens is 3.